The Labute approximate surface area is 115 Å². The lowest BCUT2D eigenvalue weighted by molar-refractivity contribution is -0.148. The molecule has 1 aliphatic carbocycles. The number of carbonyl (C=O) groups is 1. The van der Waals surface area contributed by atoms with Crippen molar-refractivity contribution in [2.75, 3.05) is 0 Å². The van der Waals surface area contributed by atoms with E-state index in [0.717, 1.165) is 12.0 Å². The van der Waals surface area contributed by atoms with Gasteiger partial charge in [-0.25, -0.2) is 4.39 Å². The zero-order valence-corrected chi connectivity index (χ0v) is 10.9. The average molecular weight is 274 g/mol. The highest BCUT2D eigenvalue weighted by atomic mass is 19.1. The molecule has 0 atom stereocenters. The number of fused-ring (bicyclic) bond motifs is 1. The number of hydrogen-bond acceptors (Lipinski definition) is 3. The number of nitrogens with zero attached hydrogens (tertiary/aromatic N) is 1. The summed E-state index contributed by atoms with van der Waals surface area (Å²) in [5.41, 5.74) is 0.574. The highest BCUT2D eigenvalue weighted by Gasteiger charge is 2.43. The number of carboxylic acid groups (broad SMARTS) is 1. The number of benzene rings is 1. The highest BCUT2D eigenvalue weighted by Crippen LogP contribution is 2.32. The first-order valence-electron chi connectivity index (χ1n) is 6.63. The Morgan fingerprint density at radius 3 is 2.85 bits per heavy atom. The molecule has 0 amide bonds. The zero-order chi connectivity index (χ0) is 14.2. The molecule has 20 heavy (non-hydrogen) atoms. The molecule has 1 heterocycles. The monoisotopic (exact) mass is 274 g/mol. The van der Waals surface area contributed by atoms with Crippen LogP contribution in [0.4, 0.5) is 4.39 Å². The van der Waals surface area contributed by atoms with Crippen molar-refractivity contribution in [3.05, 3.63) is 41.8 Å². The van der Waals surface area contributed by atoms with Crippen LogP contribution in [0.5, 0.6) is 0 Å². The molecule has 2 N–H and O–H groups in total. The third-order valence-corrected chi connectivity index (χ3v) is 4.03. The molecule has 1 aliphatic rings. The molecule has 3 rings (SSSR count). The second-order valence-electron chi connectivity index (χ2n) is 5.20. The summed E-state index contributed by atoms with van der Waals surface area (Å²) in [4.78, 5) is 15.5. The van der Waals surface area contributed by atoms with E-state index in [2.05, 4.69) is 10.3 Å². The minimum atomic E-state index is -0.824. The molecular weight excluding hydrogens is 259 g/mol. The molecule has 1 saturated carbocycles. The van der Waals surface area contributed by atoms with Gasteiger partial charge < -0.3 is 5.11 Å². The minimum Gasteiger partial charge on any atom is -0.480 e. The second kappa shape index (κ2) is 4.83. The van der Waals surface area contributed by atoms with Crippen LogP contribution in [-0.4, -0.2) is 21.6 Å². The molecule has 0 spiro atoms. The SMILES string of the molecule is O=C(O)C1(NCc2ccc(F)c3cccnc23)CCC1. The van der Waals surface area contributed by atoms with Crippen LogP contribution in [0.1, 0.15) is 24.8 Å². The minimum absolute atomic E-state index is 0.312. The van der Waals surface area contributed by atoms with Crippen LogP contribution in [0.3, 0.4) is 0 Å². The summed E-state index contributed by atoms with van der Waals surface area (Å²) in [5.74, 6) is -1.13. The molecule has 104 valence electrons. The van der Waals surface area contributed by atoms with Gasteiger partial charge in [-0.15, -0.1) is 0 Å². The van der Waals surface area contributed by atoms with Crippen LogP contribution in [0, 0.1) is 5.82 Å². The van der Waals surface area contributed by atoms with E-state index >= 15 is 0 Å². The van der Waals surface area contributed by atoms with Crippen molar-refractivity contribution in [2.45, 2.75) is 31.3 Å². The van der Waals surface area contributed by atoms with Crippen molar-refractivity contribution in [1.29, 1.82) is 0 Å². The number of rotatable bonds is 4. The summed E-state index contributed by atoms with van der Waals surface area (Å²) in [6.45, 7) is 0.375. The maximum atomic E-state index is 13.7. The summed E-state index contributed by atoms with van der Waals surface area (Å²) in [6.07, 6.45) is 3.80. The molecule has 5 heteroatoms. The largest absolute Gasteiger partial charge is 0.480 e. The predicted octanol–water partition coefficient (Wildman–Crippen LogP) is 2.47. The molecule has 2 aromatic rings. The lowest BCUT2D eigenvalue weighted by atomic mass is 9.76. The van der Waals surface area contributed by atoms with Crippen molar-refractivity contribution >= 4 is 16.9 Å². The molecular formula is C15H15FN2O2. The van der Waals surface area contributed by atoms with Gasteiger partial charge >= 0.3 is 5.97 Å². The van der Waals surface area contributed by atoms with E-state index in [1.54, 1.807) is 24.4 Å². The molecule has 4 nitrogen and oxygen atoms in total. The Hall–Kier alpha value is -2.01. The van der Waals surface area contributed by atoms with E-state index in [9.17, 15) is 14.3 Å². The van der Waals surface area contributed by atoms with Crippen molar-refractivity contribution in [3.8, 4) is 0 Å². The van der Waals surface area contributed by atoms with Crippen LogP contribution in [0.2, 0.25) is 0 Å². The van der Waals surface area contributed by atoms with Crippen LogP contribution in [0.15, 0.2) is 30.5 Å². The molecule has 0 unspecified atom stereocenters. The van der Waals surface area contributed by atoms with E-state index in [1.807, 2.05) is 0 Å². The third kappa shape index (κ3) is 2.04. The maximum Gasteiger partial charge on any atom is 0.323 e. The second-order valence-corrected chi connectivity index (χ2v) is 5.20. The van der Waals surface area contributed by atoms with Gasteiger partial charge in [0.15, 0.2) is 0 Å². The standard InChI is InChI=1S/C15H15FN2O2/c16-12-5-4-10(13-11(12)3-1-8-17-13)9-18-15(14(19)20)6-2-7-15/h1,3-5,8,18H,2,6-7,9H2,(H,19,20). The first-order chi connectivity index (χ1) is 9.62. The fourth-order valence-corrected chi connectivity index (χ4v) is 2.60. The summed E-state index contributed by atoms with van der Waals surface area (Å²) in [7, 11) is 0. The first kappa shape index (κ1) is 13.0. The molecule has 0 saturated heterocycles. The van der Waals surface area contributed by atoms with Crippen LogP contribution in [0.25, 0.3) is 10.9 Å². The quantitative estimate of drug-likeness (QED) is 0.899. The molecule has 1 aromatic heterocycles. The number of hydrogen-bond donors (Lipinski definition) is 2. The van der Waals surface area contributed by atoms with Crippen molar-refractivity contribution in [1.82, 2.24) is 10.3 Å². The number of aliphatic carboxylic acids is 1. The van der Waals surface area contributed by atoms with E-state index in [1.165, 1.54) is 6.07 Å². The van der Waals surface area contributed by atoms with E-state index in [0.29, 0.717) is 30.3 Å². The fourth-order valence-electron chi connectivity index (χ4n) is 2.60. The molecule has 1 aromatic carbocycles. The van der Waals surface area contributed by atoms with E-state index < -0.39 is 11.5 Å². The van der Waals surface area contributed by atoms with Crippen molar-refractivity contribution in [3.63, 3.8) is 0 Å². The Morgan fingerprint density at radius 1 is 1.40 bits per heavy atom. The number of carboxylic acids is 1. The highest BCUT2D eigenvalue weighted by molar-refractivity contribution is 5.83. The Morgan fingerprint density at radius 2 is 2.20 bits per heavy atom. The number of aromatic nitrogens is 1. The molecule has 0 radical (unpaired) electrons. The van der Waals surface area contributed by atoms with Crippen LogP contribution < -0.4 is 5.32 Å². The van der Waals surface area contributed by atoms with Gasteiger partial charge in [0.25, 0.3) is 0 Å². The number of pyridine rings is 1. The van der Waals surface area contributed by atoms with E-state index in [4.69, 9.17) is 0 Å². The van der Waals surface area contributed by atoms with Crippen molar-refractivity contribution < 1.29 is 14.3 Å². The van der Waals surface area contributed by atoms with Gasteiger partial charge in [0.2, 0.25) is 0 Å². The van der Waals surface area contributed by atoms with Crippen molar-refractivity contribution in [2.24, 2.45) is 0 Å². The topological polar surface area (TPSA) is 62.2 Å². The van der Waals surface area contributed by atoms with Gasteiger partial charge in [-0.1, -0.05) is 6.07 Å². The van der Waals surface area contributed by atoms with Crippen LogP contribution in [-0.2, 0) is 11.3 Å². The van der Waals surface area contributed by atoms with Gasteiger partial charge in [-0.2, -0.15) is 0 Å². The van der Waals surface area contributed by atoms with E-state index in [-0.39, 0.29) is 5.82 Å². The van der Waals surface area contributed by atoms with Gasteiger partial charge in [0.1, 0.15) is 11.4 Å². The fraction of sp³-hybridized carbons (Fsp3) is 0.333. The number of nitrogens with one attached hydrogen (secondary N) is 1. The molecule has 0 bridgehead atoms. The summed E-state index contributed by atoms with van der Waals surface area (Å²) < 4.78 is 13.7. The predicted molar refractivity (Wildman–Crippen MR) is 72.8 cm³/mol. The number of halogens is 1. The summed E-state index contributed by atoms with van der Waals surface area (Å²) in [5, 5.41) is 12.8. The smallest absolute Gasteiger partial charge is 0.323 e. The first-order valence-corrected chi connectivity index (χ1v) is 6.63. The Bertz CT molecular complexity index is 668. The molecule has 0 aliphatic heterocycles. The van der Waals surface area contributed by atoms with Gasteiger partial charge in [-0.05, 0) is 43.0 Å². The Kier molecular flexibility index (Phi) is 3.14. The normalized spacial score (nSPS) is 16.9. The zero-order valence-electron chi connectivity index (χ0n) is 10.9. The lowest BCUT2D eigenvalue weighted by Gasteiger charge is -2.38. The third-order valence-electron chi connectivity index (χ3n) is 4.03. The van der Waals surface area contributed by atoms with Gasteiger partial charge in [0, 0.05) is 18.1 Å². The lowest BCUT2D eigenvalue weighted by Crippen LogP contribution is -2.56. The van der Waals surface area contributed by atoms with Gasteiger partial charge in [-0.3, -0.25) is 15.1 Å². The maximum absolute atomic E-state index is 13.7. The van der Waals surface area contributed by atoms with Gasteiger partial charge in [0.05, 0.1) is 5.52 Å². The molecule has 1 fully saturated rings. The Balaban J connectivity index is 1.88. The summed E-state index contributed by atoms with van der Waals surface area (Å²) >= 11 is 0. The summed E-state index contributed by atoms with van der Waals surface area (Å²) in [6, 6.07) is 6.42. The van der Waals surface area contributed by atoms with Crippen LogP contribution >= 0.6 is 0 Å². The average Bonchev–Trinajstić information content (AvgIpc) is 2.40.